The number of nitrogens with zero attached hydrogens (tertiary/aromatic N) is 4. The van der Waals surface area contributed by atoms with Gasteiger partial charge < -0.3 is 19.7 Å². The van der Waals surface area contributed by atoms with Crippen LogP contribution >= 0.6 is 0 Å². The van der Waals surface area contributed by atoms with Gasteiger partial charge in [-0.1, -0.05) is 0 Å². The molecule has 0 fully saturated rings. The van der Waals surface area contributed by atoms with E-state index in [9.17, 15) is 14.3 Å². The highest BCUT2D eigenvalue weighted by Crippen LogP contribution is 2.33. The standard InChI is InChI=1S/C19H25FN6O3/c1-19(28,11-20)7-8-25(2)18(27)24-17-22-15-13(12-9-21-26(3)10-12)5-6-14(29-4)16(15)23-17/h5-6,9-10,28H,7-8,11H2,1-4H3,(H2,22,23,24,27). The first-order valence-corrected chi connectivity index (χ1v) is 9.10. The molecular weight excluding hydrogens is 379 g/mol. The quantitative estimate of drug-likeness (QED) is 0.561. The van der Waals surface area contributed by atoms with Gasteiger partial charge in [0.1, 0.15) is 23.5 Å². The number of alkyl halides is 1. The van der Waals surface area contributed by atoms with E-state index in [1.807, 2.05) is 25.4 Å². The number of hydrogen-bond acceptors (Lipinski definition) is 5. The molecule has 0 aliphatic heterocycles. The Bertz CT molecular complexity index is 1010. The summed E-state index contributed by atoms with van der Waals surface area (Å²) in [6.45, 7) is 0.709. The van der Waals surface area contributed by atoms with Crippen molar-refractivity contribution < 1.29 is 19.0 Å². The molecule has 9 nitrogen and oxygen atoms in total. The van der Waals surface area contributed by atoms with E-state index in [-0.39, 0.29) is 18.9 Å². The second-order valence-electron chi connectivity index (χ2n) is 7.26. The van der Waals surface area contributed by atoms with Crippen molar-refractivity contribution in [3.8, 4) is 16.9 Å². The van der Waals surface area contributed by atoms with Crippen LogP contribution in [0.2, 0.25) is 0 Å². The summed E-state index contributed by atoms with van der Waals surface area (Å²) >= 11 is 0. The number of aromatic amines is 1. The fourth-order valence-corrected chi connectivity index (χ4v) is 2.86. The average molecular weight is 404 g/mol. The van der Waals surface area contributed by atoms with Crippen LogP contribution in [0.15, 0.2) is 24.5 Å². The summed E-state index contributed by atoms with van der Waals surface area (Å²) in [6, 6.07) is 3.27. The van der Waals surface area contributed by atoms with Crippen LogP contribution < -0.4 is 10.1 Å². The Morgan fingerprint density at radius 1 is 1.48 bits per heavy atom. The molecule has 1 unspecified atom stereocenters. The molecule has 0 radical (unpaired) electrons. The number of nitrogens with one attached hydrogen (secondary N) is 2. The van der Waals surface area contributed by atoms with Gasteiger partial charge in [0.25, 0.3) is 0 Å². The van der Waals surface area contributed by atoms with Crippen molar-refractivity contribution in [1.82, 2.24) is 24.6 Å². The van der Waals surface area contributed by atoms with Gasteiger partial charge in [-0.05, 0) is 25.5 Å². The van der Waals surface area contributed by atoms with Gasteiger partial charge in [-0.15, -0.1) is 0 Å². The van der Waals surface area contributed by atoms with Crippen LogP contribution in [0.5, 0.6) is 5.75 Å². The minimum absolute atomic E-state index is 0.118. The van der Waals surface area contributed by atoms with Crippen molar-refractivity contribution in [2.45, 2.75) is 18.9 Å². The highest BCUT2D eigenvalue weighted by molar-refractivity contribution is 5.98. The number of H-pyrrole nitrogens is 1. The molecule has 3 aromatic rings. The maximum absolute atomic E-state index is 12.7. The molecular formula is C19H25FN6O3. The van der Waals surface area contributed by atoms with Crippen molar-refractivity contribution in [2.24, 2.45) is 7.05 Å². The number of aryl methyl sites for hydroxylation is 1. The molecule has 1 aromatic carbocycles. The molecule has 1 atom stereocenters. The number of amides is 2. The van der Waals surface area contributed by atoms with E-state index in [0.29, 0.717) is 16.8 Å². The van der Waals surface area contributed by atoms with Crippen molar-refractivity contribution >= 4 is 23.0 Å². The van der Waals surface area contributed by atoms with Gasteiger partial charge in [-0.3, -0.25) is 10.00 Å². The fourth-order valence-electron chi connectivity index (χ4n) is 2.86. The number of rotatable bonds is 7. The summed E-state index contributed by atoms with van der Waals surface area (Å²) in [5.41, 5.74) is 1.55. The second-order valence-corrected chi connectivity index (χ2v) is 7.26. The lowest BCUT2D eigenvalue weighted by Gasteiger charge is -2.23. The Morgan fingerprint density at radius 2 is 2.24 bits per heavy atom. The number of aromatic nitrogens is 4. The largest absolute Gasteiger partial charge is 0.494 e. The number of anilines is 1. The molecule has 0 aliphatic rings. The van der Waals surface area contributed by atoms with E-state index in [2.05, 4.69) is 20.4 Å². The van der Waals surface area contributed by atoms with Gasteiger partial charge in [0.2, 0.25) is 5.95 Å². The van der Waals surface area contributed by atoms with Crippen LogP contribution in [0.25, 0.3) is 22.2 Å². The predicted octanol–water partition coefficient (Wildman–Crippen LogP) is 2.55. The van der Waals surface area contributed by atoms with E-state index in [1.54, 1.807) is 25.0 Å². The molecule has 156 valence electrons. The average Bonchev–Trinajstić information content (AvgIpc) is 3.31. The monoisotopic (exact) mass is 404 g/mol. The summed E-state index contributed by atoms with van der Waals surface area (Å²) in [5.74, 6) is 0.844. The summed E-state index contributed by atoms with van der Waals surface area (Å²) in [6.07, 6.45) is 3.73. The number of urea groups is 1. The van der Waals surface area contributed by atoms with Gasteiger partial charge in [-0.25, -0.2) is 14.2 Å². The third-order valence-electron chi connectivity index (χ3n) is 4.69. The molecule has 0 aliphatic carbocycles. The van der Waals surface area contributed by atoms with Crippen LogP contribution in [-0.2, 0) is 7.05 Å². The molecule has 2 heterocycles. The number of imidazole rings is 1. The van der Waals surface area contributed by atoms with E-state index >= 15 is 0 Å². The van der Waals surface area contributed by atoms with Crippen LogP contribution in [-0.4, -0.2) is 68.8 Å². The lowest BCUT2D eigenvalue weighted by Crippen LogP contribution is -2.37. The first-order valence-electron chi connectivity index (χ1n) is 9.10. The number of halogens is 1. The molecule has 0 spiro atoms. The number of aliphatic hydroxyl groups is 1. The first-order chi connectivity index (χ1) is 13.7. The highest BCUT2D eigenvalue weighted by atomic mass is 19.1. The van der Waals surface area contributed by atoms with Gasteiger partial charge in [-0.2, -0.15) is 5.10 Å². The number of carbonyl (C=O) groups excluding carboxylic acids is 1. The topological polar surface area (TPSA) is 108 Å². The predicted molar refractivity (Wildman–Crippen MR) is 108 cm³/mol. The number of carbonyl (C=O) groups is 1. The van der Waals surface area contributed by atoms with Crippen molar-refractivity contribution in [3.63, 3.8) is 0 Å². The second kappa shape index (κ2) is 8.08. The van der Waals surface area contributed by atoms with E-state index < -0.39 is 18.3 Å². The zero-order chi connectivity index (χ0) is 21.2. The lowest BCUT2D eigenvalue weighted by molar-refractivity contribution is 0.0208. The molecule has 3 rings (SSSR count). The van der Waals surface area contributed by atoms with Gasteiger partial charge in [0.15, 0.2) is 0 Å². The van der Waals surface area contributed by atoms with E-state index in [1.165, 1.54) is 11.8 Å². The maximum atomic E-state index is 12.7. The van der Waals surface area contributed by atoms with Crippen molar-refractivity contribution in [3.05, 3.63) is 24.5 Å². The summed E-state index contributed by atoms with van der Waals surface area (Å²) in [5, 5.41) is 16.6. The van der Waals surface area contributed by atoms with Gasteiger partial charge >= 0.3 is 6.03 Å². The third-order valence-corrected chi connectivity index (χ3v) is 4.69. The molecule has 0 saturated heterocycles. The van der Waals surface area contributed by atoms with Crippen LogP contribution in [0, 0.1) is 0 Å². The van der Waals surface area contributed by atoms with Crippen molar-refractivity contribution in [1.29, 1.82) is 0 Å². The van der Waals surface area contributed by atoms with Crippen LogP contribution in [0.4, 0.5) is 15.1 Å². The molecule has 3 N–H and O–H groups in total. The zero-order valence-electron chi connectivity index (χ0n) is 16.9. The summed E-state index contributed by atoms with van der Waals surface area (Å²) < 4.78 is 19.8. The molecule has 2 amide bonds. The van der Waals surface area contributed by atoms with E-state index in [0.717, 1.165) is 11.1 Å². The SMILES string of the molecule is COc1ccc(-c2cnn(C)c2)c2nc(NC(=O)N(C)CCC(C)(O)CF)[nH]c12. The Kier molecular flexibility index (Phi) is 5.73. The van der Waals surface area contributed by atoms with Crippen molar-refractivity contribution in [2.75, 3.05) is 32.7 Å². The first kappa shape index (κ1) is 20.6. The number of benzene rings is 1. The number of hydrogen-bond donors (Lipinski definition) is 3. The highest BCUT2D eigenvalue weighted by Gasteiger charge is 2.22. The zero-order valence-corrected chi connectivity index (χ0v) is 16.9. The van der Waals surface area contributed by atoms with Crippen LogP contribution in [0.1, 0.15) is 13.3 Å². The minimum Gasteiger partial charge on any atom is -0.494 e. The fraction of sp³-hybridized carbons (Fsp3) is 0.421. The molecule has 0 bridgehead atoms. The number of fused-ring (bicyclic) bond motifs is 1. The molecule has 10 heteroatoms. The Labute approximate surface area is 167 Å². The smallest absolute Gasteiger partial charge is 0.323 e. The molecule has 0 saturated carbocycles. The number of ether oxygens (including phenoxy) is 1. The van der Waals surface area contributed by atoms with Gasteiger partial charge in [0, 0.05) is 38.0 Å². The maximum Gasteiger partial charge on any atom is 0.323 e. The lowest BCUT2D eigenvalue weighted by atomic mass is 10.0. The van der Waals surface area contributed by atoms with Gasteiger partial charge in [0.05, 0.1) is 18.9 Å². The molecule has 2 aromatic heterocycles. The Morgan fingerprint density at radius 3 is 2.86 bits per heavy atom. The summed E-state index contributed by atoms with van der Waals surface area (Å²) in [7, 11) is 4.95. The van der Waals surface area contributed by atoms with E-state index in [4.69, 9.17) is 4.74 Å². The Balaban J connectivity index is 1.84. The minimum atomic E-state index is -1.46. The van der Waals surface area contributed by atoms with Crippen LogP contribution in [0.3, 0.4) is 0 Å². The summed E-state index contributed by atoms with van der Waals surface area (Å²) in [4.78, 5) is 21.4. The Hall–Kier alpha value is -3.14. The number of methoxy groups -OCH3 is 1. The third kappa shape index (κ3) is 4.48. The normalized spacial score (nSPS) is 13.3. The molecule has 29 heavy (non-hydrogen) atoms.